The highest BCUT2D eigenvalue weighted by Crippen LogP contribution is 2.31. The Morgan fingerprint density at radius 1 is 1.28 bits per heavy atom. The van der Waals surface area contributed by atoms with Crippen LogP contribution in [0.15, 0.2) is 24.3 Å². The van der Waals surface area contributed by atoms with Gasteiger partial charge >= 0.3 is 0 Å². The summed E-state index contributed by atoms with van der Waals surface area (Å²) in [6.07, 6.45) is 0. The molecule has 5 heteroatoms. The highest BCUT2D eigenvalue weighted by Gasteiger charge is 2.10. The molecule has 0 atom stereocenters. The Kier molecular flexibility index (Phi) is 3.79. The molecule has 0 radical (unpaired) electrons. The Morgan fingerprint density at radius 2 is 2.06 bits per heavy atom. The number of hydrogen-bond donors (Lipinski definition) is 1. The summed E-state index contributed by atoms with van der Waals surface area (Å²) in [4.78, 5) is 8.39. The van der Waals surface area contributed by atoms with Crippen molar-refractivity contribution in [2.75, 3.05) is 7.11 Å². The molecule has 2 rings (SSSR count). The summed E-state index contributed by atoms with van der Waals surface area (Å²) in [5.41, 5.74) is 2.25. The van der Waals surface area contributed by atoms with Gasteiger partial charge in [-0.3, -0.25) is 0 Å². The van der Waals surface area contributed by atoms with Gasteiger partial charge in [-0.15, -0.1) is 0 Å². The van der Waals surface area contributed by atoms with Crippen LogP contribution in [-0.2, 0) is 6.61 Å². The third kappa shape index (κ3) is 2.60. The summed E-state index contributed by atoms with van der Waals surface area (Å²) >= 11 is 5.99. The Balaban J connectivity index is 2.60. The van der Waals surface area contributed by atoms with Crippen molar-refractivity contribution in [1.82, 2.24) is 9.97 Å². The lowest BCUT2D eigenvalue weighted by Crippen LogP contribution is -1.99. The molecule has 1 N–H and O–H groups in total. The van der Waals surface area contributed by atoms with E-state index in [0.29, 0.717) is 22.3 Å². The summed E-state index contributed by atoms with van der Waals surface area (Å²) in [6, 6.07) is 7.15. The number of aryl methyl sites for hydroxylation is 1. The third-order valence-electron chi connectivity index (χ3n) is 2.48. The lowest BCUT2D eigenvalue weighted by molar-refractivity contribution is 0.271. The number of aliphatic hydroxyl groups is 1. The van der Waals surface area contributed by atoms with Crippen LogP contribution in [0.5, 0.6) is 5.75 Å². The van der Waals surface area contributed by atoms with E-state index >= 15 is 0 Å². The van der Waals surface area contributed by atoms with E-state index in [9.17, 15) is 0 Å². The zero-order chi connectivity index (χ0) is 13.1. The van der Waals surface area contributed by atoms with E-state index in [-0.39, 0.29) is 6.61 Å². The second-order valence-electron chi connectivity index (χ2n) is 3.81. The standard InChI is InChI=1S/C13H13ClN2O2/c1-8-5-11(16-13(7-17)15-8)10-6-9(14)3-4-12(10)18-2/h3-6,17H,7H2,1-2H3. The van der Waals surface area contributed by atoms with Gasteiger partial charge in [0, 0.05) is 16.3 Å². The highest BCUT2D eigenvalue weighted by molar-refractivity contribution is 6.30. The number of hydrogen-bond acceptors (Lipinski definition) is 4. The first-order valence-corrected chi connectivity index (χ1v) is 5.81. The molecule has 1 heterocycles. The summed E-state index contributed by atoms with van der Waals surface area (Å²) in [6.45, 7) is 1.65. The van der Waals surface area contributed by atoms with E-state index in [1.54, 1.807) is 25.3 Å². The van der Waals surface area contributed by atoms with E-state index in [1.807, 2.05) is 13.0 Å². The maximum absolute atomic E-state index is 9.13. The fourth-order valence-corrected chi connectivity index (χ4v) is 1.89. The van der Waals surface area contributed by atoms with Crippen molar-refractivity contribution < 1.29 is 9.84 Å². The summed E-state index contributed by atoms with van der Waals surface area (Å²) in [7, 11) is 1.59. The van der Waals surface area contributed by atoms with Gasteiger partial charge in [-0.05, 0) is 31.2 Å². The van der Waals surface area contributed by atoms with Gasteiger partial charge in [-0.25, -0.2) is 9.97 Å². The van der Waals surface area contributed by atoms with Crippen LogP contribution < -0.4 is 4.74 Å². The maximum Gasteiger partial charge on any atom is 0.154 e. The molecule has 94 valence electrons. The zero-order valence-electron chi connectivity index (χ0n) is 10.1. The number of rotatable bonds is 3. The fourth-order valence-electron chi connectivity index (χ4n) is 1.72. The number of halogens is 1. The predicted octanol–water partition coefficient (Wildman–Crippen LogP) is 2.61. The minimum absolute atomic E-state index is 0.197. The average Bonchev–Trinajstić information content (AvgIpc) is 2.38. The molecule has 0 spiro atoms. The third-order valence-corrected chi connectivity index (χ3v) is 2.71. The quantitative estimate of drug-likeness (QED) is 0.926. The fraction of sp³-hybridized carbons (Fsp3) is 0.231. The number of ether oxygens (including phenoxy) is 1. The first-order chi connectivity index (χ1) is 8.63. The number of nitrogens with zero attached hydrogens (tertiary/aromatic N) is 2. The van der Waals surface area contributed by atoms with Crippen molar-refractivity contribution >= 4 is 11.6 Å². The molecule has 0 aliphatic rings. The van der Waals surface area contributed by atoms with Crippen molar-refractivity contribution in [3.8, 4) is 17.0 Å². The van der Waals surface area contributed by atoms with E-state index in [4.69, 9.17) is 21.4 Å². The highest BCUT2D eigenvalue weighted by atomic mass is 35.5. The molecule has 0 aliphatic heterocycles. The first kappa shape index (κ1) is 12.8. The van der Waals surface area contributed by atoms with Crippen LogP contribution in [0, 0.1) is 6.92 Å². The molecule has 0 bridgehead atoms. The smallest absolute Gasteiger partial charge is 0.154 e. The first-order valence-electron chi connectivity index (χ1n) is 5.43. The second kappa shape index (κ2) is 5.33. The van der Waals surface area contributed by atoms with E-state index in [1.165, 1.54) is 0 Å². The molecule has 0 aliphatic carbocycles. The average molecular weight is 265 g/mol. The topological polar surface area (TPSA) is 55.2 Å². The van der Waals surface area contributed by atoms with Crippen LogP contribution in [0.2, 0.25) is 5.02 Å². The molecular formula is C13H13ClN2O2. The second-order valence-corrected chi connectivity index (χ2v) is 4.25. The van der Waals surface area contributed by atoms with Crippen molar-refractivity contribution in [2.24, 2.45) is 0 Å². The van der Waals surface area contributed by atoms with Crippen LogP contribution in [-0.4, -0.2) is 22.2 Å². The molecule has 0 saturated carbocycles. The summed E-state index contributed by atoms with van der Waals surface area (Å²) < 4.78 is 5.29. The molecule has 0 saturated heterocycles. The van der Waals surface area contributed by atoms with Gasteiger partial charge in [0.05, 0.1) is 12.8 Å². The molecule has 2 aromatic rings. The van der Waals surface area contributed by atoms with E-state index < -0.39 is 0 Å². The lowest BCUT2D eigenvalue weighted by Gasteiger charge is -2.09. The molecule has 18 heavy (non-hydrogen) atoms. The largest absolute Gasteiger partial charge is 0.496 e. The number of methoxy groups -OCH3 is 1. The van der Waals surface area contributed by atoms with Crippen LogP contribution in [0.3, 0.4) is 0 Å². The number of benzene rings is 1. The zero-order valence-corrected chi connectivity index (χ0v) is 10.9. The van der Waals surface area contributed by atoms with Crippen LogP contribution >= 0.6 is 11.6 Å². The van der Waals surface area contributed by atoms with Gasteiger partial charge < -0.3 is 9.84 Å². The van der Waals surface area contributed by atoms with Crippen molar-refractivity contribution in [3.05, 3.63) is 40.8 Å². The van der Waals surface area contributed by atoms with Gasteiger partial charge in [0.25, 0.3) is 0 Å². The van der Waals surface area contributed by atoms with Crippen molar-refractivity contribution in [2.45, 2.75) is 13.5 Å². The Hall–Kier alpha value is -1.65. The molecule has 0 amide bonds. The monoisotopic (exact) mass is 264 g/mol. The Labute approximate surface area is 110 Å². The molecule has 1 aromatic heterocycles. The lowest BCUT2D eigenvalue weighted by atomic mass is 10.1. The number of aromatic nitrogens is 2. The molecule has 4 nitrogen and oxygen atoms in total. The normalized spacial score (nSPS) is 10.4. The van der Waals surface area contributed by atoms with Gasteiger partial charge in [0.2, 0.25) is 0 Å². The minimum Gasteiger partial charge on any atom is -0.496 e. The Morgan fingerprint density at radius 3 is 2.72 bits per heavy atom. The molecular weight excluding hydrogens is 252 g/mol. The molecule has 0 fully saturated rings. The van der Waals surface area contributed by atoms with Gasteiger partial charge in [0.15, 0.2) is 5.82 Å². The van der Waals surface area contributed by atoms with E-state index in [2.05, 4.69) is 9.97 Å². The number of aliphatic hydroxyl groups excluding tert-OH is 1. The van der Waals surface area contributed by atoms with Gasteiger partial charge in [-0.2, -0.15) is 0 Å². The predicted molar refractivity (Wildman–Crippen MR) is 69.7 cm³/mol. The minimum atomic E-state index is -0.197. The SMILES string of the molecule is COc1ccc(Cl)cc1-c1cc(C)nc(CO)n1. The maximum atomic E-state index is 9.13. The van der Waals surface area contributed by atoms with Crippen LogP contribution in [0.1, 0.15) is 11.5 Å². The van der Waals surface area contributed by atoms with E-state index in [0.717, 1.165) is 11.3 Å². The van der Waals surface area contributed by atoms with Gasteiger partial charge in [0.1, 0.15) is 12.4 Å². The molecule has 1 aromatic carbocycles. The summed E-state index contributed by atoms with van der Waals surface area (Å²) in [5.74, 6) is 1.06. The van der Waals surface area contributed by atoms with Crippen molar-refractivity contribution in [3.63, 3.8) is 0 Å². The van der Waals surface area contributed by atoms with Gasteiger partial charge in [-0.1, -0.05) is 11.6 Å². The molecule has 0 unspecified atom stereocenters. The Bertz CT molecular complexity index is 573. The van der Waals surface area contributed by atoms with Crippen LogP contribution in [0.4, 0.5) is 0 Å². The van der Waals surface area contributed by atoms with Crippen molar-refractivity contribution in [1.29, 1.82) is 0 Å². The summed E-state index contributed by atoms with van der Waals surface area (Å²) in [5, 5.41) is 9.74. The van der Waals surface area contributed by atoms with Crippen LogP contribution in [0.25, 0.3) is 11.3 Å².